The summed E-state index contributed by atoms with van der Waals surface area (Å²) in [5.74, 6) is -0.694. The highest BCUT2D eigenvalue weighted by atomic mass is 16.7. The van der Waals surface area contributed by atoms with Crippen LogP contribution in [0, 0.1) is 36.1 Å². The van der Waals surface area contributed by atoms with Crippen molar-refractivity contribution < 1.29 is 60.3 Å². The van der Waals surface area contributed by atoms with Crippen LogP contribution in [-0.2, 0) is 14.3 Å². The Kier molecular flexibility index (Phi) is 12.8. The topological polar surface area (TPSA) is 218 Å². The minimum atomic E-state index is -2.10. The Bertz CT molecular complexity index is 1090. The van der Waals surface area contributed by atoms with E-state index in [2.05, 4.69) is 17.2 Å². The highest BCUT2D eigenvalue weighted by Crippen LogP contribution is 2.43. The maximum absolute atomic E-state index is 11.9. The first kappa shape index (κ1) is 36.6. The van der Waals surface area contributed by atoms with Gasteiger partial charge in [-0.25, -0.2) is 0 Å². The number of carbonyl (C=O) groups is 1. The second-order valence-corrected chi connectivity index (χ2v) is 14.8. The summed E-state index contributed by atoms with van der Waals surface area (Å²) in [6.07, 6.45) is 2.10. The molecule has 0 radical (unpaired) electrons. The van der Waals surface area contributed by atoms with Gasteiger partial charge in [0, 0.05) is 18.8 Å². The van der Waals surface area contributed by atoms with Crippen LogP contribution >= 0.6 is 0 Å². The summed E-state index contributed by atoms with van der Waals surface area (Å²) >= 11 is 0. The number of nitrogens with zero attached hydrogens (tertiary/aromatic N) is 1. The predicted molar refractivity (Wildman–Crippen MR) is 168 cm³/mol. The number of quaternary nitrogens is 2. The van der Waals surface area contributed by atoms with Gasteiger partial charge in [0.15, 0.2) is 30.8 Å². The standard InChI is InChI=1S/C34H55N3O10/c1-19(9-11-35-2)22(13-20-10-12-36-15-20)16-37-18-34(44)31(41)29(40)30(32(42)43)47-33(34)46-24-7-8-25-27(14-24)45-17-26(28(25)39)21-3-5-23(38)6-4-21/h10,12,15,19,21-31,33,35,37-41,44H,3-9,11,13-14,16-18H2,1-2H3/p+3. The molecular formula is C34H58N3O10+3. The SMILES string of the molecule is C[NH2+]CCC(C)C(C[NH2+]CC1(O)C(OC2CCC3C(C2)[OH+]CC(C2CCC(O)CC2)C3O)OC(C(=O)[O-])C(O)C1O)CC1=C[CH+]N=C1. The van der Waals surface area contributed by atoms with E-state index >= 15 is 0 Å². The smallest absolute Gasteiger partial charge is 0.195 e. The minimum Gasteiger partial charge on any atom is -0.547 e. The number of nitrogens with two attached hydrogens (primary N) is 2. The Balaban J connectivity index is 1.23. The lowest BCUT2D eigenvalue weighted by atomic mass is 9.69. The molecule has 0 aromatic carbocycles. The second kappa shape index (κ2) is 16.4. The summed E-state index contributed by atoms with van der Waals surface area (Å²) in [4.78, 5) is 16.1. The number of hydrogen-bond donors (Lipinski definition) is 7. The fourth-order valence-corrected chi connectivity index (χ4v) is 8.63. The number of aliphatic carboxylic acids is 1. The van der Waals surface area contributed by atoms with Crippen molar-refractivity contribution in [2.24, 2.45) is 34.6 Å². The number of carboxylic acids is 1. The zero-order valence-corrected chi connectivity index (χ0v) is 27.8. The molecule has 2 saturated heterocycles. The second-order valence-electron chi connectivity index (χ2n) is 14.8. The molecule has 0 aromatic rings. The third kappa shape index (κ3) is 8.57. The Labute approximate surface area is 277 Å². The molecule has 13 nitrogen and oxygen atoms in total. The van der Waals surface area contributed by atoms with Crippen LogP contribution < -0.4 is 15.7 Å². The maximum Gasteiger partial charge on any atom is 0.195 e. The normalized spacial score (nSPS) is 41.9. The molecule has 0 aromatic heterocycles. The molecule has 0 spiro atoms. The Morgan fingerprint density at radius 1 is 1.17 bits per heavy atom. The van der Waals surface area contributed by atoms with Gasteiger partial charge in [-0.3, -0.25) is 0 Å². The van der Waals surface area contributed by atoms with Crippen LogP contribution in [0.25, 0.3) is 0 Å². The van der Waals surface area contributed by atoms with E-state index in [0.717, 1.165) is 50.6 Å². The molecule has 10 N–H and O–H groups in total. The van der Waals surface area contributed by atoms with Crippen molar-refractivity contribution in [3.63, 3.8) is 0 Å². The Morgan fingerprint density at radius 2 is 1.94 bits per heavy atom. The van der Waals surface area contributed by atoms with Crippen molar-refractivity contribution in [1.82, 2.24) is 0 Å². The number of fused-ring (bicyclic) bond motifs is 1. The van der Waals surface area contributed by atoms with E-state index in [1.54, 1.807) is 6.54 Å². The van der Waals surface area contributed by atoms with Crippen molar-refractivity contribution in [2.45, 2.75) is 119 Å². The quantitative estimate of drug-likeness (QED) is 0.0721. The highest BCUT2D eigenvalue weighted by Gasteiger charge is 2.58. The van der Waals surface area contributed by atoms with E-state index < -0.39 is 48.4 Å². The van der Waals surface area contributed by atoms with E-state index in [4.69, 9.17) is 14.2 Å². The Hall–Kier alpha value is -1.65. The number of carboxylic acid groups (broad SMARTS) is 1. The molecule has 12 unspecified atom stereocenters. The molecule has 13 heteroatoms. The van der Waals surface area contributed by atoms with E-state index in [-0.39, 0.29) is 36.5 Å². The average molecular weight is 669 g/mol. The van der Waals surface area contributed by atoms with Gasteiger partial charge in [-0.2, -0.15) is 0 Å². The van der Waals surface area contributed by atoms with Gasteiger partial charge in [0.1, 0.15) is 37.0 Å². The summed E-state index contributed by atoms with van der Waals surface area (Å²) in [5, 5.41) is 70.9. The predicted octanol–water partition coefficient (Wildman–Crippen LogP) is -3.50. The van der Waals surface area contributed by atoms with E-state index in [0.29, 0.717) is 44.2 Å². The molecular weight excluding hydrogens is 610 g/mol. The van der Waals surface area contributed by atoms with Gasteiger partial charge in [-0.1, -0.05) is 6.92 Å². The minimum absolute atomic E-state index is 0.0230. The van der Waals surface area contributed by atoms with Crippen molar-refractivity contribution in [2.75, 3.05) is 33.3 Å². The van der Waals surface area contributed by atoms with Crippen LogP contribution in [0.2, 0.25) is 0 Å². The molecule has 3 heterocycles. The highest BCUT2D eigenvalue weighted by molar-refractivity contribution is 5.81. The molecule has 47 heavy (non-hydrogen) atoms. The summed E-state index contributed by atoms with van der Waals surface area (Å²) in [6, 6.07) is 0. The number of ether oxygens (including phenoxy) is 3. The van der Waals surface area contributed by atoms with Gasteiger partial charge in [0.05, 0.1) is 62.3 Å². The monoisotopic (exact) mass is 668 g/mol. The van der Waals surface area contributed by atoms with Gasteiger partial charge < -0.3 is 60.3 Å². The van der Waals surface area contributed by atoms with Crippen molar-refractivity contribution in [3.05, 3.63) is 18.2 Å². The summed E-state index contributed by atoms with van der Waals surface area (Å²) in [5.41, 5.74) is -0.976. The average Bonchev–Trinajstić information content (AvgIpc) is 3.57. The van der Waals surface area contributed by atoms with Crippen LogP contribution in [0.1, 0.15) is 64.7 Å². The summed E-state index contributed by atoms with van der Waals surface area (Å²) in [6.45, 7) is 6.03. The molecule has 0 bridgehead atoms. The zero-order valence-electron chi connectivity index (χ0n) is 27.8. The molecule has 12 atom stereocenters. The summed E-state index contributed by atoms with van der Waals surface area (Å²) in [7, 11) is 2.04. The largest absolute Gasteiger partial charge is 0.547 e. The van der Waals surface area contributed by atoms with E-state index in [1.807, 2.05) is 24.7 Å². The third-order valence-corrected chi connectivity index (χ3v) is 11.7. The first-order valence-corrected chi connectivity index (χ1v) is 17.8. The van der Waals surface area contributed by atoms with Crippen molar-refractivity contribution >= 4 is 12.2 Å². The molecule has 4 fully saturated rings. The van der Waals surface area contributed by atoms with Gasteiger partial charge in [-0.05, 0) is 56.8 Å². The molecule has 266 valence electrons. The van der Waals surface area contributed by atoms with Crippen molar-refractivity contribution in [3.8, 4) is 0 Å². The molecule has 5 aliphatic rings. The van der Waals surface area contributed by atoms with Gasteiger partial charge >= 0.3 is 0 Å². The molecule has 0 amide bonds. The van der Waals surface area contributed by atoms with Crippen LogP contribution in [0.15, 0.2) is 16.6 Å². The molecule has 2 saturated carbocycles. The van der Waals surface area contributed by atoms with E-state index in [1.165, 1.54) is 0 Å². The zero-order chi connectivity index (χ0) is 33.7. The number of aliphatic imine (C=N–C) groups is 1. The fourth-order valence-electron chi connectivity index (χ4n) is 8.63. The first-order chi connectivity index (χ1) is 22.5. The number of rotatable bonds is 14. The lowest BCUT2D eigenvalue weighted by Gasteiger charge is -2.49. The van der Waals surface area contributed by atoms with Gasteiger partial charge in [0.25, 0.3) is 0 Å². The molecule has 3 aliphatic heterocycles. The Morgan fingerprint density at radius 3 is 2.62 bits per heavy atom. The number of carbonyl (C=O) groups excluding carboxylic acids is 1. The lowest BCUT2D eigenvalue weighted by molar-refractivity contribution is -0.681. The third-order valence-electron chi connectivity index (χ3n) is 11.7. The molecule has 2 aliphatic carbocycles. The van der Waals surface area contributed by atoms with Gasteiger partial charge in [-0.15, -0.1) is 4.99 Å². The van der Waals surface area contributed by atoms with Gasteiger partial charge in [0.2, 0.25) is 0 Å². The summed E-state index contributed by atoms with van der Waals surface area (Å²) < 4.78 is 16.9. The van der Waals surface area contributed by atoms with Crippen LogP contribution in [-0.4, -0.2) is 130 Å². The molecule has 5 rings (SSSR count). The van der Waals surface area contributed by atoms with Crippen LogP contribution in [0.5, 0.6) is 0 Å². The maximum atomic E-state index is 11.9. The number of aliphatic hydroxyl groups excluding tert-OH is 4. The first-order valence-electron chi connectivity index (χ1n) is 17.8. The van der Waals surface area contributed by atoms with Crippen molar-refractivity contribution in [1.29, 1.82) is 0 Å². The van der Waals surface area contributed by atoms with Crippen LogP contribution in [0.3, 0.4) is 0 Å². The van der Waals surface area contributed by atoms with E-state index in [9.17, 15) is 35.4 Å². The number of aliphatic hydroxyl groups is 7. The number of hydrogen-bond acceptors (Lipinski definition) is 10. The number of allylic oxidation sites excluding steroid dienone is 1. The lowest BCUT2D eigenvalue weighted by Crippen LogP contribution is -2.93. The fraction of sp³-hybridized carbons (Fsp3) is 0.853. The van der Waals surface area contributed by atoms with Crippen LogP contribution in [0.4, 0.5) is 0 Å².